The molecule has 0 spiro atoms. The van der Waals surface area contributed by atoms with E-state index in [1.165, 1.54) is 0 Å². The van der Waals surface area contributed by atoms with E-state index in [0.717, 1.165) is 49.2 Å². The van der Waals surface area contributed by atoms with Crippen LogP contribution in [0, 0.1) is 0 Å². The molecule has 0 radical (unpaired) electrons. The van der Waals surface area contributed by atoms with Gasteiger partial charge in [-0.25, -0.2) is 0 Å². The molecule has 2 rings (SSSR count). The van der Waals surface area contributed by atoms with Gasteiger partial charge >= 0.3 is 0 Å². The lowest BCUT2D eigenvalue weighted by molar-refractivity contribution is 0.0940. The fourth-order valence-electron chi connectivity index (χ4n) is 3.38. The van der Waals surface area contributed by atoms with Crippen LogP contribution in [0.5, 0.6) is 23.0 Å². The Hall–Kier alpha value is -2.89. The van der Waals surface area contributed by atoms with Crippen molar-refractivity contribution in [3.63, 3.8) is 0 Å². The third kappa shape index (κ3) is 8.68. The van der Waals surface area contributed by atoms with Gasteiger partial charge < -0.3 is 24.3 Å². The van der Waals surface area contributed by atoms with Crippen molar-refractivity contribution in [2.45, 2.75) is 84.8 Å². The fourth-order valence-corrected chi connectivity index (χ4v) is 3.38. The van der Waals surface area contributed by atoms with Gasteiger partial charge in [0.25, 0.3) is 5.91 Å². The molecule has 1 N–H and O–H groups in total. The van der Waals surface area contributed by atoms with Crippen LogP contribution in [0.15, 0.2) is 36.4 Å². The molecule has 2 aromatic carbocycles. The first-order valence-electron chi connectivity index (χ1n) is 12.5. The van der Waals surface area contributed by atoms with E-state index in [-0.39, 0.29) is 17.1 Å². The number of methoxy groups -OCH3 is 2. The molecule has 0 aliphatic rings. The first-order valence-corrected chi connectivity index (χ1v) is 12.5. The van der Waals surface area contributed by atoms with Gasteiger partial charge in [0.05, 0.1) is 19.8 Å². The second-order valence-electron chi connectivity index (χ2n) is 9.98. The molecular formula is C29H43NO5. The summed E-state index contributed by atoms with van der Waals surface area (Å²) >= 11 is 0. The van der Waals surface area contributed by atoms with Gasteiger partial charge in [-0.15, -0.1) is 0 Å². The summed E-state index contributed by atoms with van der Waals surface area (Å²) in [5.41, 5.74) is 1.15. The van der Waals surface area contributed by atoms with Crippen molar-refractivity contribution in [3.8, 4) is 23.0 Å². The van der Waals surface area contributed by atoms with E-state index in [1.54, 1.807) is 32.4 Å². The maximum atomic E-state index is 12.6. The minimum absolute atomic E-state index is 0.154. The molecule has 0 saturated heterocycles. The SMILES string of the molecule is CCC(C)(C)Oc1ccc(CCCCNC(=O)c2ccc(OC)cc2OC)c(OC(C)(C)CC)c1. The average Bonchev–Trinajstić information content (AvgIpc) is 2.83. The van der Waals surface area contributed by atoms with Crippen molar-refractivity contribution in [3.05, 3.63) is 47.5 Å². The minimum atomic E-state index is -0.265. The number of benzene rings is 2. The molecular weight excluding hydrogens is 442 g/mol. The van der Waals surface area contributed by atoms with Crippen molar-refractivity contribution in [1.29, 1.82) is 0 Å². The summed E-state index contributed by atoms with van der Waals surface area (Å²) in [6.45, 7) is 13.2. The van der Waals surface area contributed by atoms with Gasteiger partial charge in [0.1, 0.15) is 34.2 Å². The predicted octanol–water partition coefficient (Wildman–Crippen LogP) is 6.59. The van der Waals surface area contributed by atoms with Crippen molar-refractivity contribution in [1.82, 2.24) is 5.32 Å². The Morgan fingerprint density at radius 3 is 2.06 bits per heavy atom. The Morgan fingerprint density at radius 1 is 0.800 bits per heavy atom. The molecule has 1 amide bonds. The maximum absolute atomic E-state index is 12.6. The Labute approximate surface area is 211 Å². The predicted molar refractivity (Wildman–Crippen MR) is 141 cm³/mol. The fraction of sp³-hybridized carbons (Fsp3) is 0.552. The molecule has 2 aromatic rings. The zero-order valence-corrected chi connectivity index (χ0v) is 22.7. The van der Waals surface area contributed by atoms with Gasteiger partial charge in [0.2, 0.25) is 0 Å². The van der Waals surface area contributed by atoms with Crippen LogP contribution in [0.4, 0.5) is 0 Å². The summed E-state index contributed by atoms with van der Waals surface area (Å²) in [5.74, 6) is 2.68. The molecule has 6 heteroatoms. The van der Waals surface area contributed by atoms with E-state index in [0.29, 0.717) is 23.6 Å². The van der Waals surface area contributed by atoms with Crippen LogP contribution in [0.25, 0.3) is 0 Å². The lowest BCUT2D eigenvalue weighted by Gasteiger charge is -2.29. The summed E-state index contributed by atoms with van der Waals surface area (Å²) in [5, 5.41) is 2.99. The zero-order chi connectivity index (χ0) is 26.1. The number of rotatable bonds is 14. The number of ether oxygens (including phenoxy) is 4. The van der Waals surface area contributed by atoms with E-state index in [4.69, 9.17) is 18.9 Å². The Bertz CT molecular complexity index is 968. The van der Waals surface area contributed by atoms with Gasteiger partial charge in [0.15, 0.2) is 0 Å². The summed E-state index contributed by atoms with van der Waals surface area (Å²) in [6.07, 6.45) is 4.44. The van der Waals surface area contributed by atoms with E-state index in [1.807, 2.05) is 12.1 Å². The van der Waals surface area contributed by atoms with Crippen LogP contribution in [0.1, 0.15) is 83.1 Å². The number of hydrogen-bond donors (Lipinski definition) is 1. The highest BCUT2D eigenvalue weighted by Gasteiger charge is 2.21. The first-order chi connectivity index (χ1) is 16.5. The van der Waals surface area contributed by atoms with Crippen LogP contribution in [0.2, 0.25) is 0 Å². The monoisotopic (exact) mass is 485 g/mol. The van der Waals surface area contributed by atoms with Crippen LogP contribution in [-0.2, 0) is 6.42 Å². The second-order valence-corrected chi connectivity index (χ2v) is 9.98. The van der Waals surface area contributed by atoms with Crippen molar-refractivity contribution < 1.29 is 23.7 Å². The number of carbonyl (C=O) groups is 1. The van der Waals surface area contributed by atoms with Crippen molar-refractivity contribution in [2.75, 3.05) is 20.8 Å². The third-order valence-corrected chi connectivity index (χ3v) is 6.33. The highest BCUT2D eigenvalue weighted by atomic mass is 16.5. The smallest absolute Gasteiger partial charge is 0.255 e. The molecule has 6 nitrogen and oxygen atoms in total. The third-order valence-electron chi connectivity index (χ3n) is 6.33. The van der Waals surface area contributed by atoms with Crippen LogP contribution >= 0.6 is 0 Å². The normalized spacial score (nSPS) is 11.7. The standard InChI is InChI=1S/C29H43NO5/c1-9-28(3,4)34-23-15-14-21(25(20-23)35-29(5,6)10-2)13-11-12-18-30-27(31)24-17-16-22(32-7)19-26(24)33-8/h14-17,19-20H,9-13,18H2,1-8H3,(H,30,31). The van der Waals surface area contributed by atoms with Crippen LogP contribution in [-0.4, -0.2) is 37.9 Å². The molecule has 35 heavy (non-hydrogen) atoms. The number of unbranched alkanes of at least 4 members (excludes halogenated alkanes) is 1. The summed E-state index contributed by atoms with van der Waals surface area (Å²) < 4.78 is 23.1. The number of hydrogen-bond acceptors (Lipinski definition) is 5. The van der Waals surface area contributed by atoms with Crippen molar-refractivity contribution >= 4 is 5.91 Å². The molecule has 0 saturated carbocycles. The van der Waals surface area contributed by atoms with Gasteiger partial charge in [-0.05, 0) is 83.6 Å². The molecule has 0 aromatic heterocycles. The van der Waals surface area contributed by atoms with E-state index >= 15 is 0 Å². The average molecular weight is 486 g/mol. The Kier molecular flexibility index (Phi) is 10.3. The largest absolute Gasteiger partial charge is 0.497 e. The topological polar surface area (TPSA) is 66.0 Å². The summed E-state index contributed by atoms with van der Waals surface area (Å²) in [4.78, 5) is 12.6. The Balaban J connectivity index is 1.99. The van der Waals surface area contributed by atoms with Gasteiger partial charge in [-0.2, -0.15) is 0 Å². The molecule has 0 unspecified atom stereocenters. The summed E-state index contributed by atoms with van der Waals surface area (Å²) in [6, 6.07) is 11.3. The molecule has 194 valence electrons. The highest BCUT2D eigenvalue weighted by molar-refractivity contribution is 5.97. The molecule has 0 fully saturated rings. The molecule has 0 aliphatic heterocycles. The quantitative estimate of drug-likeness (QED) is 0.306. The van der Waals surface area contributed by atoms with Crippen LogP contribution < -0.4 is 24.3 Å². The Morgan fingerprint density at radius 2 is 1.43 bits per heavy atom. The molecule has 0 aliphatic carbocycles. The van der Waals surface area contributed by atoms with Gasteiger partial charge in [-0.1, -0.05) is 19.9 Å². The zero-order valence-electron chi connectivity index (χ0n) is 22.7. The second kappa shape index (κ2) is 12.7. The minimum Gasteiger partial charge on any atom is -0.497 e. The highest BCUT2D eigenvalue weighted by Crippen LogP contribution is 2.32. The molecule has 0 heterocycles. The molecule has 0 bridgehead atoms. The lowest BCUT2D eigenvalue weighted by atomic mass is 10.0. The van der Waals surface area contributed by atoms with E-state index < -0.39 is 0 Å². The van der Waals surface area contributed by atoms with Crippen molar-refractivity contribution in [2.24, 2.45) is 0 Å². The number of nitrogens with one attached hydrogen (secondary N) is 1. The number of amides is 1. The van der Waals surface area contributed by atoms with Crippen LogP contribution in [0.3, 0.4) is 0 Å². The molecule has 0 atom stereocenters. The number of aryl methyl sites for hydroxylation is 1. The maximum Gasteiger partial charge on any atom is 0.255 e. The lowest BCUT2D eigenvalue weighted by Crippen LogP contribution is -2.28. The number of carbonyl (C=O) groups excluding carboxylic acids is 1. The summed E-state index contributed by atoms with van der Waals surface area (Å²) in [7, 11) is 3.13. The van der Waals surface area contributed by atoms with Gasteiger partial charge in [-0.3, -0.25) is 4.79 Å². The van der Waals surface area contributed by atoms with E-state index in [2.05, 4.69) is 52.9 Å². The first kappa shape index (κ1) is 28.3. The van der Waals surface area contributed by atoms with Gasteiger partial charge in [0, 0.05) is 18.7 Å². The van der Waals surface area contributed by atoms with E-state index in [9.17, 15) is 4.79 Å².